The topological polar surface area (TPSA) is 91.9 Å². The van der Waals surface area contributed by atoms with Crippen molar-refractivity contribution in [1.82, 2.24) is 9.88 Å². The molecule has 38 heavy (non-hydrogen) atoms. The van der Waals surface area contributed by atoms with Crippen LogP contribution in [0.1, 0.15) is 22.3 Å². The molecule has 1 N–H and O–H groups in total. The Morgan fingerprint density at radius 2 is 1.76 bits per heavy atom. The summed E-state index contributed by atoms with van der Waals surface area (Å²) in [6, 6.07) is 18.3. The lowest BCUT2D eigenvalue weighted by Crippen LogP contribution is -2.46. The van der Waals surface area contributed by atoms with Crippen LogP contribution in [0.4, 0.5) is 5.69 Å². The van der Waals surface area contributed by atoms with Crippen molar-refractivity contribution in [3.05, 3.63) is 89.1 Å². The first kappa shape index (κ1) is 25.4. The highest BCUT2D eigenvalue weighted by Crippen LogP contribution is 2.31. The molecule has 3 amide bonds. The number of carbonyl (C=O) groups is 3. The first-order valence-electron chi connectivity index (χ1n) is 12.1. The van der Waals surface area contributed by atoms with Crippen LogP contribution in [0.25, 0.3) is 10.9 Å². The molecule has 1 aliphatic rings. The van der Waals surface area contributed by atoms with Gasteiger partial charge >= 0.3 is 0 Å². The second kappa shape index (κ2) is 10.6. The third kappa shape index (κ3) is 4.70. The number of fused-ring (bicyclic) bond motifs is 1. The van der Waals surface area contributed by atoms with Crippen LogP contribution in [-0.4, -0.2) is 54.4 Å². The van der Waals surface area contributed by atoms with Crippen LogP contribution >= 0.6 is 11.6 Å². The van der Waals surface area contributed by atoms with E-state index >= 15 is 0 Å². The van der Waals surface area contributed by atoms with Crippen LogP contribution in [0, 0.1) is 0 Å². The van der Waals surface area contributed by atoms with E-state index in [0.717, 1.165) is 21.4 Å². The zero-order valence-corrected chi connectivity index (χ0v) is 21.7. The highest BCUT2D eigenvalue weighted by molar-refractivity contribution is 6.31. The van der Waals surface area contributed by atoms with Gasteiger partial charge in [0.25, 0.3) is 11.8 Å². The normalized spacial score (nSPS) is 15.2. The minimum absolute atomic E-state index is 0.117. The fraction of sp³-hybridized carbons (Fsp3) is 0.207. The van der Waals surface area contributed by atoms with E-state index in [-0.39, 0.29) is 24.8 Å². The number of amides is 3. The second-order valence-corrected chi connectivity index (χ2v) is 9.38. The molecule has 1 saturated heterocycles. The second-order valence-electron chi connectivity index (χ2n) is 8.94. The van der Waals surface area contributed by atoms with Gasteiger partial charge in [0.2, 0.25) is 5.91 Å². The quantitative estimate of drug-likeness (QED) is 0.328. The molecule has 0 radical (unpaired) electrons. The zero-order chi connectivity index (χ0) is 26.8. The molecule has 194 valence electrons. The van der Waals surface area contributed by atoms with Crippen LogP contribution in [0.2, 0.25) is 5.02 Å². The van der Waals surface area contributed by atoms with E-state index in [1.807, 2.05) is 30.5 Å². The Labute approximate surface area is 224 Å². The van der Waals surface area contributed by atoms with Crippen LogP contribution in [-0.2, 0) is 16.0 Å². The Balaban J connectivity index is 1.48. The van der Waals surface area contributed by atoms with E-state index in [9.17, 15) is 14.4 Å². The number of ether oxygens (including phenoxy) is 2. The van der Waals surface area contributed by atoms with Gasteiger partial charge in [-0.05, 0) is 60.5 Å². The van der Waals surface area contributed by atoms with Crippen LogP contribution < -0.4 is 14.4 Å². The maximum atomic E-state index is 13.9. The lowest BCUT2D eigenvalue weighted by molar-refractivity contribution is -0.122. The molecule has 1 aromatic heterocycles. The monoisotopic (exact) mass is 531 g/mol. The highest BCUT2D eigenvalue weighted by atomic mass is 35.5. The number of aromatic nitrogens is 1. The van der Waals surface area contributed by atoms with Gasteiger partial charge in [-0.25, -0.2) is 4.90 Å². The molecule has 0 bridgehead atoms. The van der Waals surface area contributed by atoms with Gasteiger partial charge in [0, 0.05) is 34.2 Å². The smallest absolute Gasteiger partial charge is 0.257 e. The summed E-state index contributed by atoms with van der Waals surface area (Å²) in [5, 5.41) is 1.54. The maximum absolute atomic E-state index is 13.9. The van der Waals surface area contributed by atoms with Gasteiger partial charge in [0.15, 0.2) is 11.5 Å². The number of halogens is 1. The van der Waals surface area contributed by atoms with Crippen molar-refractivity contribution in [3.8, 4) is 11.5 Å². The summed E-state index contributed by atoms with van der Waals surface area (Å²) >= 11 is 5.99. The molecule has 9 heteroatoms. The Morgan fingerprint density at radius 1 is 1.03 bits per heavy atom. The molecular formula is C29H26ClN3O5. The summed E-state index contributed by atoms with van der Waals surface area (Å²) < 4.78 is 10.7. The number of rotatable bonds is 8. The van der Waals surface area contributed by atoms with Crippen LogP contribution in [0.3, 0.4) is 0 Å². The molecule has 1 aliphatic heterocycles. The Kier molecular flexibility index (Phi) is 7.07. The van der Waals surface area contributed by atoms with E-state index in [1.54, 1.807) is 42.5 Å². The number of imide groups is 1. The summed E-state index contributed by atoms with van der Waals surface area (Å²) in [6.45, 7) is 0.229. The number of hydrogen-bond acceptors (Lipinski definition) is 5. The summed E-state index contributed by atoms with van der Waals surface area (Å²) in [4.78, 5) is 46.4. The fourth-order valence-corrected chi connectivity index (χ4v) is 4.96. The third-order valence-electron chi connectivity index (χ3n) is 6.77. The van der Waals surface area contributed by atoms with Crippen molar-refractivity contribution in [2.75, 3.05) is 25.7 Å². The van der Waals surface area contributed by atoms with Gasteiger partial charge < -0.3 is 19.4 Å². The Hall–Kier alpha value is -4.30. The van der Waals surface area contributed by atoms with E-state index in [0.29, 0.717) is 34.2 Å². The number of aromatic amines is 1. The standard InChI is InChI=1S/C29H26ClN3O5/c1-37-25-12-7-18(15-26(25)38-2)28(35)32(14-13-19-17-31-23-6-4-3-5-22(19)23)24-16-27(34)33(29(24)36)21-10-8-20(30)9-11-21/h3-12,15,17,24,31H,13-14,16H2,1-2H3. The molecule has 8 nitrogen and oxygen atoms in total. The van der Waals surface area contributed by atoms with Crippen molar-refractivity contribution in [2.24, 2.45) is 0 Å². The zero-order valence-electron chi connectivity index (χ0n) is 20.9. The predicted molar refractivity (Wildman–Crippen MR) is 145 cm³/mol. The van der Waals surface area contributed by atoms with Crippen molar-refractivity contribution in [1.29, 1.82) is 0 Å². The van der Waals surface area contributed by atoms with Crippen molar-refractivity contribution in [3.63, 3.8) is 0 Å². The van der Waals surface area contributed by atoms with E-state index in [2.05, 4.69) is 4.98 Å². The van der Waals surface area contributed by atoms with Gasteiger partial charge in [0.05, 0.1) is 26.3 Å². The van der Waals surface area contributed by atoms with Crippen molar-refractivity contribution >= 4 is 45.9 Å². The maximum Gasteiger partial charge on any atom is 0.257 e. The number of nitrogens with one attached hydrogen (secondary N) is 1. The Bertz CT molecular complexity index is 1510. The molecule has 5 rings (SSSR count). The highest BCUT2D eigenvalue weighted by Gasteiger charge is 2.44. The molecule has 1 atom stereocenters. The largest absolute Gasteiger partial charge is 0.493 e. The van der Waals surface area contributed by atoms with Gasteiger partial charge in [-0.3, -0.25) is 14.4 Å². The Morgan fingerprint density at radius 3 is 2.50 bits per heavy atom. The molecule has 1 fully saturated rings. The van der Waals surface area contributed by atoms with E-state index < -0.39 is 11.9 Å². The molecule has 0 spiro atoms. The van der Waals surface area contributed by atoms with E-state index in [1.165, 1.54) is 19.1 Å². The number of benzene rings is 3. The minimum atomic E-state index is -0.955. The summed E-state index contributed by atoms with van der Waals surface area (Å²) in [5.41, 5.74) is 2.74. The van der Waals surface area contributed by atoms with E-state index in [4.69, 9.17) is 21.1 Å². The summed E-state index contributed by atoms with van der Waals surface area (Å²) in [7, 11) is 3.01. The first-order chi connectivity index (χ1) is 18.4. The summed E-state index contributed by atoms with van der Waals surface area (Å²) in [5.74, 6) is -0.332. The number of para-hydroxylation sites is 1. The lowest BCUT2D eigenvalue weighted by atomic mass is 10.1. The van der Waals surface area contributed by atoms with Gasteiger partial charge in [-0.15, -0.1) is 0 Å². The average molecular weight is 532 g/mol. The summed E-state index contributed by atoms with van der Waals surface area (Å²) in [6.07, 6.45) is 2.28. The average Bonchev–Trinajstić information content (AvgIpc) is 3.48. The molecule has 2 heterocycles. The van der Waals surface area contributed by atoms with Crippen molar-refractivity contribution < 1.29 is 23.9 Å². The number of hydrogen-bond donors (Lipinski definition) is 1. The molecule has 3 aromatic carbocycles. The van der Waals surface area contributed by atoms with Gasteiger partial charge in [0.1, 0.15) is 6.04 Å². The predicted octanol–water partition coefficient (Wildman–Crippen LogP) is 4.86. The van der Waals surface area contributed by atoms with Crippen LogP contribution in [0.5, 0.6) is 11.5 Å². The van der Waals surface area contributed by atoms with Gasteiger partial charge in [-0.1, -0.05) is 29.8 Å². The third-order valence-corrected chi connectivity index (χ3v) is 7.02. The van der Waals surface area contributed by atoms with Crippen LogP contribution in [0.15, 0.2) is 72.9 Å². The lowest BCUT2D eigenvalue weighted by Gasteiger charge is -2.28. The number of anilines is 1. The SMILES string of the molecule is COc1ccc(C(=O)N(CCc2c[nH]c3ccccc23)C2CC(=O)N(c3ccc(Cl)cc3)C2=O)cc1OC. The fourth-order valence-electron chi connectivity index (χ4n) is 4.83. The molecular weight excluding hydrogens is 506 g/mol. The minimum Gasteiger partial charge on any atom is -0.493 e. The number of nitrogens with zero attached hydrogens (tertiary/aromatic N) is 2. The molecule has 0 aliphatic carbocycles. The molecule has 1 unspecified atom stereocenters. The number of methoxy groups -OCH3 is 2. The van der Waals surface area contributed by atoms with Gasteiger partial charge in [-0.2, -0.15) is 0 Å². The number of carbonyl (C=O) groups excluding carboxylic acids is 3. The number of H-pyrrole nitrogens is 1. The molecule has 4 aromatic rings. The van der Waals surface area contributed by atoms with Crippen molar-refractivity contribution in [2.45, 2.75) is 18.9 Å². The molecule has 0 saturated carbocycles. The first-order valence-corrected chi connectivity index (χ1v) is 12.5.